The molecule has 2 N–H and O–H groups in total. The van der Waals surface area contributed by atoms with Crippen LogP contribution in [0.4, 0.5) is 0 Å². The largest absolute Gasteiger partial charge is 0.363 e. The second-order valence-electron chi connectivity index (χ2n) is 7.31. The van der Waals surface area contributed by atoms with E-state index in [4.69, 9.17) is 10.3 Å². The Kier molecular flexibility index (Phi) is 4.58. The van der Waals surface area contributed by atoms with Crippen molar-refractivity contribution in [1.82, 2.24) is 19.9 Å². The number of amides is 2. The van der Waals surface area contributed by atoms with Crippen LogP contribution < -0.4 is 5.73 Å². The van der Waals surface area contributed by atoms with Crippen molar-refractivity contribution < 1.29 is 14.1 Å². The van der Waals surface area contributed by atoms with E-state index in [9.17, 15) is 9.59 Å². The van der Waals surface area contributed by atoms with Crippen LogP contribution in [0.25, 0.3) is 0 Å². The molecule has 8 heteroatoms. The molecule has 1 atom stereocenters. The van der Waals surface area contributed by atoms with E-state index in [0.717, 1.165) is 38.9 Å². The predicted octanol–water partition coefficient (Wildman–Crippen LogP) is 0.782. The van der Waals surface area contributed by atoms with E-state index in [1.807, 2.05) is 4.90 Å². The summed E-state index contributed by atoms with van der Waals surface area (Å²) >= 11 is 0. The average Bonchev–Trinajstić information content (AvgIpc) is 2.99. The van der Waals surface area contributed by atoms with Gasteiger partial charge >= 0.3 is 0 Å². The minimum Gasteiger partial charge on any atom is -0.363 e. The molecule has 0 bridgehead atoms. The number of aromatic nitrogens is 2. The molecule has 2 aliphatic heterocycles. The maximum atomic E-state index is 12.1. The summed E-state index contributed by atoms with van der Waals surface area (Å²) in [5, 5.41) is 3.59. The fourth-order valence-corrected chi connectivity index (χ4v) is 3.90. The van der Waals surface area contributed by atoms with Gasteiger partial charge in [0.25, 0.3) is 11.7 Å². The third-order valence-electron chi connectivity index (χ3n) is 5.11. The number of likely N-dealkylation sites (tertiary alicyclic amines) is 2. The second-order valence-corrected chi connectivity index (χ2v) is 7.31. The Morgan fingerprint density at radius 3 is 2.83 bits per heavy atom. The first-order valence-corrected chi connectivity index (χ1v) is 8.53. The molecule has 0 aromatic carbocycles. The van der Waals surface area contributed by atoms with Crippen molar-refractivity contribution >= 4 is 11.8 Å². The minimum atomic E-state index is -0.682. The highest BCUT2D eigenvalue weighted by atomic mass is 16.5. The number of nitrogens with zero attached hydrogens (tertiary/aromatic N) is 4. The van der Waals surface area contributed by atoms with Gasteiger partial charge in [-0.2, -0.15) is 4.98 Å². The molecule has 3 rings (SSSR count). The zero-order chi connectivity index (χ0) is 17.3. The monoisotopic (exact) mass is 335 g/mol. The number of hydrogen-bond acceptors (Lipinski definition) is 6. The van der Waals surface area contributed by atoms with Crippen LogP contribution in [0.5, 0.6) is 0 Å². The molecule has 0 saturated carbocycles. The van der Waals surface area contributed by atoms with Gasteiger partial charge in [0.05, 0.1) is 6.54 Å². The van der Waals surface area contributed by atoms with E-state index in [-0.39, 0.29) is 23.2 Å². The highest BCUT2D eigenvalue weighted by Crippen LogP contribution is 2.39. The maximum Gasteiger partial charge on any atom is 0.290 e. The Bertz CT molecular complexity index is 629. The van der Waals surface area contributed by atoms with Gasteiger partial charge in [-0.3, -0.25) is 14.5 Å². The molecular weight excluding hydrogens is 310 g/mol. The summed E-state index contributed by atoms with van der Waals surface area (Å²) in [5.74, 6) is -0.0892. The van der Waals surface area contributed by atoms with Gasteiger partial charge in [-0.1, -0.05) is 5.16 Å². The van der Waals surface area contributed by atoms with Gasteiger partial charge in [0.2, 0.25) is 11.8 Å². The first-order chi connectivity index (χ1) is 11.4. The van der Waals surface area contributed by atoms with Crippen molar-refractivity contribution in [2.24, 2.45) is 11.1 Å². The minimum absolute atomic E-state index is 0.0778. The molecule has 8 nitrogen and oxygen atoms in total. The van der Waals surface area contributed by atoms with E-state index >= 15 is 0 Å². The summed E-state index contributed by atoms with van der Waals surface area (Å²) in [7, 11) is 0. The molecule has 0 aliphatic carbocycles. The Labute approximate surface area is 141 Å². The molecular formula is C16H25N5O3. The smallest absolute Gasteiger partial charge is 0.290 e. The fraction of sp³-hybridized carbons (Fsp3) is 0.750. The summed E-state index contributed by atoms with van der Waals surface area (Å²) in [6, 6.07) is 0.235. The van der Waals surface area contributed by atoms with Gasteiger partial charge in [-0.05, 0) is 39.7 Å². The van der Waals surface area contributed by atoms with Crippen LogP contribution in [-0.4, -0.2) is 57.4 Å². The normalized spacial score (nSPS) is 25.6. The molecule has 2 saturated heterocycles. The van der Waals surface area contributed by atoms with Crippen molar-refractivity contribution in [2.75, 3.05) is 19.6 Å². The Morgan fingerprint density at radius 1 is 1.38 bits per heavy atom. The highest BCUT2D eigenvalue weighted by Gasteiger charge is 2.42. The lowest BCUT2D eigenvalue weighted by atomic mass is 9.73. The number of hydrogen-bond donors (Lipinski definition) is 1. The van der Waals surface area contributed by atoms with E-state index in [1.165, 1.54) is 0 Å². The van der Waals surface area contributed by atoms with Gasteiger partial charge in [0, 0.05) is 31.0 Å². The lowest BCUT2D eigenvalue weighted by Crippen LogP contribution is -2.55. The van der Waals surface area contributed by atoms with Crippen LogP contribution in [0.1, 0.15) is 56.0 Å². The number of primary amides is 1. The van der Waals surface area contributed by atoms with Crippen LogP contribution in [0.2, 0.25) is 0 Å². The first-order valence-electron chi connectivity index (χ1n) is 8.53. The molecule has 2 amide bonds. The van der Waals surface area contributed by atoms with E-state index in [1.54, 1.807) is 0 Å². The van der Waals surface area contributed by atoms with Gasteiger partial charge in [0.15, 0.2) is 0 Å². The summed E-state index contributed by atoms with van der Waals surface area (Å²) < 4.78 is 5.11. The zero-order valence-electron chi connectivity index (χ0n) is 14.3. The van der Waals surface area contributed by atoms with Crippen molar-refractivity contribution in [2.45, 2.75) is 52.1 Å². The topological polar surface area (TPSA) is 106 Å². The molecule has 2 aliphatic rings. The number of carbonyl (C=O) groups is 2. The van der Waals surface area contributed by atoms with Crippen LogP contribution >= 0.6 is 0 Å². The number of nitrogens with two attached hydrogens (primary N) is 1. The standard InChI is InChI=1S/C16H25N5O3/c1-11(2)21-10-16(6-4-13(21)22)5-3-7-20(9-16)8-12-18-15(14(17)23)19-24-12/h11H,3-10H2,1-2H3,(H2,17,23)/t16-/m0/s1. The van der Waals surface area contributed by atoms with Crippen LogP contribution in [0, 0.1) is 5.41 Å². The highest BCUT2D eigenvalue weighted by molar-refractivity contribution is 5.88. The molecule has 132 valence electrons. The summed E-state index contributed by atoms with van der Waals surface area (Å²) in [4.78, 5) is 31.5. The van der Waals surface area contributed by atoms with Gasteiger partial charge in [0.1, 0.15) is 0 Å². The van der Waals surface area contributed by atoms with Crippen molar-refractivity contribution in [3.8, 4) is 0 Å². The molecule has 0 unspecified atom stereocenters. The third-order valence-corrected chi connectivity index (χ3v) is 5.11. The average molecular weight is 335 g/mol. The summed E-state index contributed by atoms with van der Waals surface area (Å²) in [6.45, 7) is 7.32. The van der Waals surface area contributed by atoms with E-state index < -0.39 is 5.91 Å². The molecule has 0 radical (unpaired) electrons. The Morgan fingerprint density at radius 2 is 2.17 bits per heavy atom. The van der Waals surface area contributed by atoms with Crippen molar-refractivity contribution in [3.63, 3.8) is 0 Å². The number of piperidine rings is 2. The molecule has 3 heterocycles. The number of carbonyl (C=O) groups excluding carboxylic acids is 2. The van der Waals surface area contributed by atoms with Gasteiger partial charge < -0.3 is 15.2 Å². The fourth-order valence-electron chi connectivity index (χ4n) is 3.90. The molecule has 24 heavy (non-hydrogen) atoms. The van der Waals surface area contributed by atoms with Crippen molar-refractivity contribution in [1.29, 1.82) is 0 Å². The van der Waals surface area contributed by atoms with Crippen LogP contribution in [0.15, 0.2) is 4.52 Å². The quantitative estimate of drug-likeness (QED) is 0.872. The first kappa shape index (κ1) is 16.9. The van der Waals surface area contributed by atoms with E-state index in [0.29, 0.717) is 18.9 Å². The number of rotatable bonds is 4. The third kappa shape index (κ3) is 3.43. The van der Waals surface area contributed by atoms with Gasteiger partial charge in [-0.15, -0.1) is 0 Å². The summed E-state index contributed by atoms with van der Waals surface area (Å²) in [5.41, 5.74) is 5.30. The predicted molar refractivity (Wildman–Crippen MR) is 85.8 cm³/mol. The lowest BCUT2D eigenvalue weighted by molar-refractivity contribution is -0.141. The Balaban J connectivity index is 1.67. The lowest BCUT2D eigenvalue weighted by Gasteiger charge is -2.49. The molecule has 1 aromatic rings. The van der Waals surface area contributed by atoms with Crippen LogP contribution in [0.3, 0.4) is 0 Å². The SMILES string of the molecule is CC(C)N1C[C@@]2(CCCN(Cc3nc(C(N)=O)no3)C2)CCC1=O. The maximum absolute atomic E-state index is 12.1. The van der Waals surface area contributed by atoms with E-state index in [2.05, 4.69) is 28.9 Å². The van der Waals surface area contributed by atoms with Gasteiger partial charge in [-0.25, -0.2) is 0 Å². The zero-order valence-corrected chi connectivity index (χ0v) is 14.3. The molecule has 1 aromatic heterocycles. The molecule has 1 spiro atoms. The molecule has 2 fully saturated rings. The van der Waals surface area contributed by atoms with Crippen molar-refractivity contribution in [3.05, 3.63) is 11.7 Å². The van der Waals surface area contributed by atoms with Crippen LogP contribution in [-0.2, 0) is 11.3 Å². The Hall–Kier alpha value is -1.96. The second kappa shape index (κ2) is 6.51. The summed E-state index contributed by atoms with van der Waals surface area (Å²) in [6.07, 6.45) is 3.77.